The number of aliphatic hydroxyl groups is 1. The fraction of sp³-hybridized carbons (Fsp3) is 0.464. The number of halogens is 1. The number of nitrogens with zero attached hydrogens (tertiary/aromatic N) is 1. The molecule has 0 bridgehead atoms. The van der Waals surface area contributed by atoms with Crippen LogP contribution in [0.4, 0.5) is 15.5 Å². The van der Waals surface area contributed by atoms with Crippen molar-refractivity contribution >= 4 is 37.5 Å². The van der Waals surface area contributed by atoms with Crippen LogP contribution >= 0.6 is 0 Å². The standard InChI is InChI=1S/C28H34FN3O5Si/c1-17-25(38(2,3)29)23(15-24(34)32-13-7-10-20(32)16-33)37-28(17)21-14-19(11-12-22(21)31-27(28)36)30-26(35)18-8-5-4-6-9-18/h4-6,8-9,11-12,14,17,20,23,25,33H,7,10,13,15-16H2,1-3H3,(H,30,35)(H,31,36)/t17-,20+,23+,25-,28+/m1/s1. The Morgan fingerprint density at radius 1 is 1.24 bits per heavy atom. The van der Waals surface area contributed by atoms with Crippen LogP contribution in [-0.4, -0.2) is 61.4 Å². The predicted octanol–water partition coefficient (Wildman–Crippen LogP) is 4.04. The molecule has 0 unspecified atom stereocenters. The first kappa shape index (κ1) is 26.5. The van der Waals surface area contributed by atoms with Crippen LogP contribution in [0.5, 0.6) is 0 Å². The van der Waals surface area contributed by atoms with Gasteiger partial charge in [-0.25, -0.2) is 0 Å². The number of ether oxygens (including phenoxy) is 1. The van der Waals surface area contributed by atoms with Gasteiger partial charge in [0.15, 0.2) is 5.60 Å². The van der Waals surface area contributed by atoms with Crippen molar-refractivity contribution in [2.24, 2.45) is 5.92 Å². The maximum atomic E-state index is 15.8. The van der Waals surface area contributed by atoms with Gasteiger partial charge >= 0.3 is 0 Å². The van der Waals surface area contributed by atoms with Crippen LogP contribution in [0.15, 0.2) is 48.5 Å². The van der Waals surface area contributed by atoms with Crippen LogP contribution in [0.25, 0.3) is 0 Å². The molecule has 5 atom stereocenters. The summed E-state index contributed by atoms with van der Waals surface area (Å²) in [5, 5.41) is 15.4. The third-order valence-corrected chi connectivity index (χ3v) is 10.8. The molecular formula is C28H34FN3O5Si. The second-order valence-electron chi connectivity index (χ2n) is 11.1. The van der Waals surface area contributed by atoms with Crippen LogP contribution in [0.2, 0.25) is 18.6 Å². The van der Waals surface area contributed by atoms with Gasteiger partial charge in [-0.3, -0.25) is 14.4 Å². The molecular weight excluding hydrogens is 505 g/mol. The van der Waals surface area contributed by atoms with E-state index in [1.807, 2.05) is 13.0 Å². The highest BCUT2D eigenvalue weighted by atomic mass is 28.4. The maximum absolute atomic E-state index is 15.8. The van der Waals surface area contributed by atoms with Gasteiger partial charge in [0.1, 0.15) is 0 Å². The molecule has 0 aromatic heterocycles. The molecule has 0 radical (unpaired) electrons. The lowest BCUT2D eigenvalue weighted by Crippen LogP contribution is -2.42. The number of carbonyl (C=O) groups is 3. The SMILES string of the molecule is C[C@@H]1[C@@H]([Si](C)(C)F)[C@H](CC(=O)N2CCC[C@H]2CO)O[C@@]12C(=O)Nc1ccc(NC(=O)c3ccccc3)cc12. The second-order valence-corrected chi connectivity index (χ2v) is 14.9. The summed E-state index contributed by atoms with van der Waals surface area (Å²) >= 11 is 0. The van der Waals surface area contributed by atoms with E-state index in [2.05, 4.69) is 10.6 Å². The Kier molecular flexibility index (Phi) is 6.91. The smallest absolute Gasteiger partial charge is 0.261 e. The summed E-state index contributed by atoms with van der Waals surface area (Å²) in [6.45, 7) is 5.43. The van der Waals surface area contributed by atoms with Crippen molar-refractivity contribution in [3.8, 4) is 0 Å². The zero-order valence-electron chi connectivity index (χ0n) is 21.9. The monoisotopic (exact) mass is 539 g/mol. The molecule has 5 rings (SSSR count). The molecule has 38 heavy (non-hydrogen) atoms. The van der Waals surface area contributed by atoms with Gasteiger partial charge in [-0.1, -0.05) is 25.1 Å². The molecule has 202 valence electrons. The van der Waals surface area contributed by atoms with Gasteiger partial charge in [-0.05, 0) is 56.3 Å². The van der Waals surface area contributed by atoms with Crippen LogP contribution in [0.3, 0.4) is 0 Å². The summed E-state index contributed by atoms with van der Waals surface area (Å²) in [5.41, 5.74) is -0.0250. The first-order valence-electron chi connectivity index (χ1n) is 13.2. The molecule has 10 heteroatoms. The molecule has 0 saturated carbocycles. The lowest BCUT2D eigenvalue weighted by Gasteiger charge is -2.31. The molecule has 3 N–H and O–H groups in total. The Balaban J connectivity index is 1.47. The number of fused-ring (bicyclic) bond motifs is 2. The number of hydrogen-bond donors (Lipinski definition) is 3. The molecule has 0 aliphatic carbocycles. The molecule has 3 amide bonds. The van der Waals surface area contributed by atoms with E-state index in [0.717, 1.165) is 12.8 Å². The molecule has 1 spiro atoms. The fourth-order valence-electron chi connectivity index (χ4n) is 6.58. The lowest BCUT2D eigenvalue weighted by molar-refractivity contribution is -0.148. The quantitative estimate of drug-likeness (QED) is 0.379. The highest BCUT2D eigenvalue weighted by Crippen LogP contribution is 2.59. The summed E-state index contributed by atoms with van der Waals surface area (Å²) in [6.07, 6.45) is 0.695. The average molecular weight is 540 g/mol. The van der Waals surface area contributed by atoms with Crippen LogP contribution in [-0.2, 0) is 19.9 Å². The largest absolute Gasteiger partial charge is 0.394 e. The van der Waals surface area contributed by atoms with E-state index < -0.39 is 31.6 Å². The van der Waals surface area contributed by atoms with E-state index in [-0.39, 0.29) is 36.8 Å². The zero-order valence-corrected chi connectivity index (χ0v) is 22.9. The van der Waals surface area contributed by atoms with Crippen LogP contribution in [0, 0.1) is 5.92 Å². The van der Waals surface area contributed by atoms with Crippen molar-refractivity contribution in [2.45, 2.75) is 62.6 Å². The highest BCUT2D eigenvalue weighted by molar-refractivity contribution is 6.72. The number of anilines is 2. The Morgan fingerprint density at radius 3 is 2.66 bits per heavy atom. The normalized spacial score (nSPS) is 28.4. The predicted molar refractivity (Wildman–Crippen MR) is 144 cm³/mol. The molecule has 2 aromatic carbocycles. The van der Waals surface area contributed by atoms with Gasteiger partial charge in [0.25, 0.3) is 11.8 Å². The molecule has 2 saturated heterocycles. The third kappa shape index (κ3) is 4.44. The van der Waals surface area contributed by atoms with E-state index in [9.17, 15) is 19.5 Å². The Labute approximate surface area is 222 Å². The summed E-state index contributed by atoms with van der Waals surface area (Å²) in [6, 6.07) is 13.7. The Bertz CT molecular complexity index is 1250. The fourth-order valence-corrected chi connectivity index (χ4v) is 9.07. The number of amides is 3. The number of carbonyl (C=O) groups excluding carboxylic acids is 3. The third-order valence-electron chi connectivity index (χ3n) is 8.29. The zero-order chi connectivity index (χ0) is 27.2. The van der Waals surface area contributed by atoms with Gasteiger partial charge in [-0.2, -0.15) is 0 Å². The number of hydrogen-bond acceptors (Lipinski definition) is 5. The van der Waals surface area contributed by atoms with Gasteiger partial charge in [0.05, 0.1) is 25.2 Å². The van der Waals surface area contributed by atoms with E-state index in [0.29, 0.717) is 29.0 Å². The van der Waals surface area contributed by atoms with E-state index in [1.165, 1.54) is 0 Å². The first-order chi connectivity index (χ1) is 18.1. The van der Waals surface area contributed by atoms with Crippen molar-refractivity contribution in [3.05, 3.63) is 59.7 Å². The van der Waals surface area contributed by atoms with Crippen molar-refractivity contribution in [2.75, 3.05) is 23.8 Å². The second kappa shape index (κ2) is 9.90. The lowest BCUT2D eigenvalue weighted by atomic mass is 9.82. The molecule has 3 aliphatic heterocycles. The Hall–Kier alpha value is -3.08. The highest BCUT2D eigenvalue weighted by Gasteiger charge is 2.65. The van der Waals surface area contributed by atoms with Gasteiger partial charge in [0, 0.05) is 40.5 Å². The molecule has 3 aliphatic rings. The maximum Gasteiger partial charge on any atom is 0.261 e. The van der Waals surface area contributed by atoms with Gasteiger partial charge < -0.3 is 29.5 Å². The minimum Gasteiger partial charge on any atom is -0.394 e. The van der Waals surface area contributed by atoms with Crippen molar-refractivity contribution in [1.29, 1.82) is 0 Å². The molecule has 8 nitrogen and oxygen atoms in total. The molecule has 2 fully saturated rings. The minimum atomic E-state index is -3.41. The first-order valence-corrected chi connectivity index (χ1v) is 16.1. The average Bonchev–Trinajstić information content (AvgIpc) is 3.55. The number of benzene rings is 2. The van der Waals surface area contributed by atoms with Crippen molar-refractivity contribution in [3.63, 3.8) is 0 Å². The van der Waals surface area contributed by atoms with E-state index in [4.69, 9.17) is 4.74 Å². The molecule has 2 aromatic rings. The Morgan fingerprint density at radius 2 is 1.97 bits per heavy atom. The van der Waals surface area contributed by atoms with Crippen molar-refractivity contribution in [1.82, 2.24) is 4.90 Å². The summed E-state index contributed by atoms with van der Waals surface area (Å²) < 4.78 is 22.4. The summed E-state index contributed by atoms with van der Waals surface area (Å²) in [5.74, 6) is -1.42. The minimum absolute atomic E-state index is 0.0549. The summed E-state index contributed by atoms with van der Waals surface area (Å²) in [4.78, 5) is 41.2. The van der Waals surface area contributed by atoms with Gasteiger partial charge in [0.2, 0.25) is 14.3 Å². The van der Waals surface area contributed by atoms with Gasteiger partial charge in [-0.15, -0.1) is 0 Å². The van der Waals surface area contributed by atoms with E-state index in [1.54, 1.807) is 60.5 Å². The number of aliphatic hydroxyl groups excluding tert-OH is 1. The number of rotatable bonds is 6. The van der Waals surface area contributed by atoms with Crippen LogP contribution < -0.4 is 10.6 Å². The van der Waals surface area contributed by atoms with Crippen LogP contribution in [0.1, 0.15) is 42.1 Å². The molecule has 3 heterocycles. The van der Waals surface area contributed by atoms with Crippen molar-refractivity contribution < 1.29 is 28.3 Å². The topological polar surface area (TPSA) is 108 Å². The summed E-state index contributed by atoms with van der Waals surface area (Å²) in [7, 11) is -3.41. The number of likely N-dealkylation sites (tertiary alicyclic amines) is 1. The van der Waals surface area contributed by atoms with E-state index >= 15 is 4.11 Å². The number of nitrogens with one attached hydrogen (secondary N) is 2.